The van der Waals surface area contributed by atoms with Crippen LogP contribution >= 0.6 is 0 Å². The monoisotopic (exact) mass is 163 g/mol. The van der Waals surface area contributed by atoms with Gasteiger partial charge in [-0.05, 0) is 18.9 Å². The quantitative estimate of drug-likeness (QED) is 0.625. The van der Waals surface area contributed by atoms with Crippen molar-refractivity contribution in [1.82, 2.24) is 0 Å². The molecule has 0 heterocycles. The van der Waals surface area contributed by atoms with Crippen molar-refractivity contribution in [2.45, 2.75) is 18.6 Å². The van der Waals surface area contributed by atoms with E-state index in [4.69, 9.17) is 5.73 Å². The molecule has 0 spiro atoms. The minimum atomic E-state index is -2.77. The molecular formula is C6H13NO2S. The van der Waals surface area contributed by atoms with Crippen LogP contribution in [0.2, 0.25) is 0 Å². The molecule has 2 atom stereocenters. The summed E-state index contributed by atoms with van der Waals surface area (Å²) in [6, 6.07) is 0. The van der Waals surface area contributed by atoms with E-state index >= 15 is 0 Å². The molecule has 10 heavy (non-hydrogen) atoms. The maximum atomic E-state index is 11.1. The molecule has 0 bridgehead atoms. The summed E-state index contributed by atoms with van der Waals surface area (Å²) in [5.74, 6) is 0.513. The van der Waals surface area contributed by atoms with Gasteiger partial charge >= 0.3 is 0 Å². The summed E-state index contributed by atoms with van der Waals surface area (Å²) in [4.78, 5) is 0. The Morgan fingerprint density at radius 2 is 2.20 bits per heavy atom. The Morgan fingerprint density at radius 3 is 2.50 bits per heavy atom. The Kier molecular flexibility index (Phi) is 2.01. The van der Waals surface area contributed by atoms with Gasteiger partial charge in [-0.3, -0.25) is 0 Å². The molecule has 0 aromatic heterocycles. The number of hydrogen-bond acceptors (Lipinski definition) is 3. The first-order valence-electron chi connectivity index (χ1n) is 3.53. The van der Waals surface area contributed by atoms with Gasteiger partial charge in [0.25, 0.3) is 0 Å². The minimum absolute atomic E-state index is 0.109. The molecular weight excluding hydrogens is 150 g/mol. The topological polar surface area (TPSA) is 60.2 Å². The van der Waals surface area contributed by atoms with E-state index in [9.17, 15) is 8.42 Å². The third kappa shape index (κ3) is 1.32. The van der Waals surface area contributed by atoms with Crippen LogP contribution in [0.4, 0.5) is 0 Å². The number of rotatable bonds is 3. The van der Waals surface area contributed by atoms with E-state index < -0.39 is 9.84 Å². The lowest BCUT2D eigenvalue weighted by atomic mass is 10.4. The van der Waals surface area contributed by atoms with Gasteiger partial charge in [0.15, 0.2) is 9.84 Å². The zero-order chi connectivity index (χ0) is 7.78. The first kappa shape index (κ1) is 8.01. The third-order valence-corrected chi connectivity index (χ3v) is 4.33. The van der Waals surface area contributed by atoms with Crippen molar-refractivity contribution in [3.05, 3.63) is 0 Å². The molecule has 3 nitrogen and oxygen atoms in total. The second-order valence-corrected chi connectivity index (χ2v) is 5.23. The largest absolute Gasteiger partial charge is 0.330 e. The zero-order valence-corrected chi connectivity index (χ0v) is 6.89. The zero-order valence-electron chi connectivity index (χ0n) is 6.08. The van der Waals surface area contributed by atoms with Gasteiger partial charge in [-0.2, -0.15) is 0 Å². The smallest absolute Gasteiger partial charge is 0.153 e. The second kappa shape index (κ2) is 2.51. The summed E-state index contributed by atoms with van der Waals surface area (Å²) in [5.41, 5.74) is 5.31. The molecule has 0 aromatic carbocycles. The molecule has 1 aliphatic carbocycles. The maximum Gasteiger partial charge on any atom is 0.153 e. The van der Waals surface area contributed by atoms with Crippen LogP contribution in [-0.2, 0) is 9.84 Å². The van der Waals surface area contributed by atoms with Crippen LogP contribution in [0.1, 0.15) is 13.3 Å². The van der Waals surface area contributed by atoms with Crippen molar-refractivity contribution in [2.75, 3.05) is 12.3 Å². The highest BCUT2D eigenvalue weighted by atomic mass is 32.2. The standard InChI is InChI=1S/C6H13NO2S/c1-2-10(8,9)6-3-5(6)4-7/h5-6H,2-4,7H2,1H3/t5-,6-/m1/s1. The molecule has 0 aliphatic heterocycles. The molecule has 0 unspecified atom stereocenters. The molecule has 1 aliphatic rings. The van der Waals surface area contributed by atoms with E-state index in [1.807, 2.05) is 0 Å². The normalized spacial score (nSPS) is 32.2. The highest BCUT2D eigenvalue weighted by Gasteiger charge is 2.44. The molecule has 4 heteroatoms. The minimum Gasteiger partial charge on any atom is -0.330 e. The van der Waals surface area contributed by atoms with Crippen LogP contribution in [0.3, 0.4) is 0 Å². The van der Waals surface area contributed by atoms with E-state index in [0.717, 1.165) is 6.42 Å². The Labute approximate surface area is 61.5 Å². The molecule has 2 N–H and O–H groups in total. The fourth-order valence-electron chi connectivity index (χ4n) is 1.12. The van der Waals surface area contributed by atoms with Crippen LogP contribution in [0.15, 0.2) is 0 Å². The van der Waals surface area contributed by atoms with Gasteiger partial charge in [-0.15, -0.1) is 0 Å². The lowest BCUT2D eigenvalue weighted by Gasteiger charge is -1.96. The van der Waals surface area contributed by atoms with E-state index in [1.165, 1.54) is 0 Å². The predicted molar refractivity (Wildman–Crippen MR) is 40.4 cm³/mol. The van der Waals surface area contributed by atoms with Gasteiger partial charge in [0.05, 0.1) is 5.25 Å². The molecule has 1 saturated carbocycles. The van der Waals surface area contributed by atoms with Gasteiger partial charge in [0.1, 0.15) is 0 Å². The highest BCUT2D eigenvalue weighted by Crippen LogP contribution is 2.36. The number of sulfone groups is 1. The van der Waals surface area contributed by atoms with E-state index in [1.54, 1.807) is 6.92 Å². The summed E-state index contributed by atoms with van der Waals surface area (Å²) >= 11 is 0. The van der Waals surface area contributed by atoms with Crippen LogP contribution < -0.4 is 5.73 Å². The number of hydrogen-bond donors (Lipinski definition) is 1. The Bertz CT molecular complexity index is 210. The summed E-state index contributed by atoms with van der Waals surface area (Å²) < 4.78 is 22.2. The summed E-state index contributed by atoms with van der Waals surface area (Å²) in [6.07, 6.45) is 0.784. The lowest BCUT2D eigenvalue weighted by molar-refractivity contribution is 0.593. The van der Waals surface area contributed by atoms with Crippen molar-refractivity contribution < 1.29 is 8.42 Å². The second-order valence-electron chi connectivity index (χ2n) is 2.72. The molecule has 0 radical (unpaired) electrons. The van der Waals surface area contributed by atoms with E-state index in [0.29, 0.717) is 6.54 Å². The van der Waals surface area contributed by atoms with Crippen molar-refractivity contribution in [3.8, 4) is 0 Å². The van der Waals surface area contributed by atoms with E-state index in [2.05, 4.69) is 0 Å². The Balaban J connectivity index is 2.55. The number of nitrogens with two attached hydrogens (primary N) is 1. The highest BCUT2D eigenvalue weighted by molar-refractivity contribution is 7.92. The van der Waals surface area contributed by atoms with Crippen molar-refractivity contribution in [3.63, 3.8) is 0 Å². The average Bonchev–Trinajstić information content (AvgIpc) is 2.66. The molecule has 0 amide bonds. The first-order valence-corrected chi connectivity index (χ1v) is 5.25. The average molecular weight is 163 g/mol. The predicted octanol–water partition coefficient (Wildman–Crippen LogP) is -0.232. The molecule has 0 saturated heterocycles. The first-order chi connectivity index (χ1) is 4.61. The van der Waals surface area contributed by atoms with Crippen LogP contribution in [0.5, 0.6) is 0 Å². The Hall–Kier alpha value is -0.0900. The fraction of sp³-hybridized carbons (Fsp3) is 1.00. The van der Waals surface area contributed by atoms with Crippen LogP contribution in [0, 0.1) is 5.92 Å². The van der Waals surface area contributed by atoms with Gasteiger partial charge in [0, 0.05) is 5.75 Å². The third-order valence-electron chi connectivity index (χ3n) is 2.02. The van der Waals surface area contributed by atoms with Crippen LogP contribution in [0.25, 0.3) is 0 Å². The maximum absolute atomic E-state index is 11.1. The van der Waals surface area contributed by atoms with Crippen LogP contribution in [-0.4, -0.2) is 26.0 Å². The van der Waals surface area contributed by atoms with Crippen molar-refractivity contribution >= 4 is 9.84 Å². The molecule has 1 rings (SSSR count). The Morgan fingerprint density at radius 1 is 1.60 bits per heavy atom. The van der Waals surface area contributed by atoms with Gasteiger partial charge in [-0.1, -0.05) is 6.92 Å². The van der Waals surface area contributed by atoms with Crippen molar-refractivity contribution in [1.29, 1.82) is 0 Å². The summed E-state index contributed by atoms with van der Waals surface area (Å²) in [6.45, 7) is 2.20. The van der Waals surface area contributed by atoms with Gasteiger partial charge < -0.3 is 5.73 Å². The van der Waals surface area contributed by atoms with Gasteiger partial charge in [-0.25, -0.2) is 8.42 Å². The van der Waals surface area contributed by atoms with E-state index in [-0.39, 0.29) is 16.9 Å². The summed E-state index contributed by atoms with van der Waals surface area (Å²) in [5, 5.41) is -0.109. The fourth-order valence-corrected chi connectivity index (χ4v) is 2.79. The lowest BCUT2D eigenvalue weighted by Crippen LogP contribution is -2.14. The van der Waals surface area contributed by atoms with Crippen molar-refractivity contribution in [2.24, 2.45) is 11.7 Å². The molecule has 0 aromatic rings. The molecule has 60 valence electrons. The SMILES string of the molecule is CCS(=O)(=O)[C@@H]1C[C@@H]1CN. The molecule has 1 fully saturated rings. The van der Waals surface area contributed by atoms with Gasteiger partial charge in [0.2, 0.25) is 0 Å². The summed E-state index contributed by atoms with van der Waals surface area (Å²) in [7, 11) is -2.77.